The van der Waals surface area contributed by atoms with Crippen LogP contribution in [-0.2, 0) is 14.3 Å². The van der Waals surface area contributed by atoms with Crippen molar-refractivity contribution < 1.29 is 14.3 Å². The van der Waals surface area contributed by atoms with E-state index in [0.29, 0.717) is 31.4 Å². The van der Waals surface area contributed by atoms with Crippen molar-refractivity contribution in [2.75, 3.05) is 19.7 Å². The third kappa shape index (κ3) is 3.06. The van der Waals surface area contributed by atoms with Crippen molar-refractivity contribution in [3.8, 4) is 0 Å². The van der Waals surface area contributed by atoms with Gasteiger partial charge in [-0.15, -0.1) is 0 Å². The molecule has 0 radical (unpaired) electrons. The maximum Gasteiger partial charge on any atom is 0.308 e. The summed E-state index contributed by atoms with van der Waals surface area (Å²) in [5, 5.41) is 0. The van der Waals surface area contributed by atoms with Crippen molar-refractivity contribution in [2.45, 2.75) is 45.1 Å². The van der Waals surface area contributed by atoms with Gasteiger partial charge in [-0.2, -0.15) is 0 Å². The van der Waals surface area contributed by atoms with Gasteiger partial charge in [-0.25, -0.2) is 0 Å². The zero-order valence-corrected chi connectivity index (χ0v) is 10.5. The Hall–Kier alpha value is -0.900. The SMILES string of the molecule is CCOC(=O)C1CCC(N2CCC(=O)C2)CC1. The number of likely N-dealkylation sites (tertiary alicyclic amines) is 1. The van der Waals surface area contributed by atoms with Crippen LogP contribution in [0.4, 0.5) is 0 Å². The van der Waals surface area contributed by atoms with Crippen molar-refractivity contribution in [3.05, 3.63) is 0 Å². The Labute approximate surface area is 102 Å². The largest absolute Gasteiger partial charge is 0.466 e. The van der Waals surface area contributed by atoms with Gasteiger partial charge in [0.25, 0.3) is 0 Å². The van der Waals surface area contributed by atoms with E-state index in [2.05, 4.69) is 4.90 Å². The lowest BCUT2D eigenvalue weighted by Crippen LogP contribution is -2.38. The molecule has 0 unspecified atom stereocenters. The smallest absolute Gasteiger partial charge is 0.308 e. The van der Waals surface area contributed by atoms with E-state index in [0.717, 1.165) is 32.2 Å². The molecule has 0 amide bonds. The average Bonchev–Trinajstić information content (AvgIpc) is 2.76. The topological polar surface area (TPSA) is 46.6 Å². The van der Waals surface area contributed by atoms with Gasteiger partial charge in [0.05, 0.1) is 19.1 Å². The number of ketones is 1. The lowest BCUT2D eigenvalue weighted by molar-refractivity contribution is -0.149. The van der Waals surface area contributed by atoms with Crippen LogP contribution in [0.15, 0.2) is 0 Å². The summed E-state index contributed by atoms with van der Waals surface area (Å²) >= 11 is 0. The van der Waals surface area contributed by atoms with Crippen LogP contribution in [-0.4, -0.2) is 42.4 Å². The van der Waals surface area contributed by atoms with Crippen LogP contribution in [0, 0.1) is 5.92 Å². The number of carbonyl (C=O) groups is 2. The average molecular weight is 239 g/mol. The van der Waals surface area contributed by atoms with Gasteiger partial charge in [-0.05, 0) is 32.6 Å². The molecule has 0 spiro atoms. The molecule has 1 saturated carbocycles. The molecule has 0 aromatic carbocycles. The summed E-state index contributed by atoms with van der Waals surface area (Å²) < 4.78 is 5.05. The number of esters is 1. The molecule has 1 aliphatic heterocycles. The Morgan fingerprint density at radius 2 is 2.06 bits per heavy atom. The lowest BCUT2D eigenvalue weighted by atomic mass is 9.85. The predicted octanol–water partition coefficient (Wildman–Crippen LogP) is 1.38. The molecule has 17 heavy (non-hydrogen) atoms. The minimum atomic E-state index is -0.0385. The highest BCUT2D eigenvalue weighted by atomic mass is 16.5. The number of Topliss-reactive ketones (excluding diaryl/α,β-unsaturated/α-hetero) is 1. The van der Waals surface area contributed by atoms with Crippen LogP contribution in [0.3, 0.4) is 0 Å². The van der Waals surface area contributed by atoms with E-state index in [1.54, 1.807) is 0 Å². The Balaban J connectivity index is 1.78. The third-order valence-corrected chi connectivity index (χ3v) is 3.89. The monoisotopic (exact) mass is 239 g/mol. The number of ether oxygens (including phenoxy) is 1. The normalized spacial score (nSPS) is 30.5. The maximum atomic E-state index is 11.6. The fourth-order valence-corrected chi connectivity index (χ4v) is 2.90. The molecule has 4 nitrogen and oxygen atoms in total. The molecular weight excluding hydrogens is 218 g/mol. The molecule has 0 aromatic rings. The standard InChI is InChI=1S/C13H21NO3/c1-2-17-13(16)10-3-5-11(6-4-10)14-8-7-12(15)9-14/h10-11H,2-9H2,1H3. The van der Waals surface area contributed by atoms with Crippen LogP contribution in [0.2, 0.25) is 0 Å². The molecule has 2 aliphatic rings. The summed E-state index contributed by atoms with van der Waals surface area (Å²) in [7, 11) is 0. The van der Waals surface area contributed by atoms with Crippen molar-refractivity contribution in [3.63, 3.8) is 0 Å². The van der Waals surface area contributed by atoms with Crippen molar-refractivity contribution in [1.29, 1.82) is 0 Å². The van der Waals surface area contributed by atoms with E-state index in [1.165, 1.54) is 0 Å². The van der Waals surface area contributed by atoms with Crippen LogP contribution in [0.25, 0.3) is 0 Å². The van der Waals surface area contributed by atoms with Crippen LogP contribution < -0.4 is 0 Å². The summed E-state index contributed by atoms with van der Waals surface area (Å²) in [5.74, 6) is 0.408. The van der Waals surface area contributed by atoms with E-state index in [1.807, 2.05) is 6.92 Å². The number of rotatable bonds is 3. The number of nitrogens with zero attached hydrogens (tertiary/aromatic N) is 1. The Kier molecular flexibility index (Phi) is 4.15. The molecular formula is C13H21NO3. The van der Waals surface area contributed by atoms with E-state index >= 15 is 0 Å². The Morgan fingerprint density at radius 1 is 1.35 bits per heavy atom. The summed E-state index contributed by atoms with van der Waals surface area (Å²) in [4.78, 5) is 25.1. The molecule has 1 aliphatic carbocycles. The molecule has 2 fully saturated rings. The molecule has 0 N–H and O–H groups in total. The molecule has 4 heteroatoms. The van der Waals surface area contributed by atoms with Gasteiger partial charge in [0.2, 0.25) is 0 Å². The van der Waals surface area contributed by atoms with Crippen LogP contribution >= 0.6 is 0 Å². The fraction of sp³-hybridized carbons (Fsp3) is 0.846. The van der Waals surface area contributed by atoms with E-state index < -0.39 is 0 Å². The van der Waals surface area contributed by atoms with E-state index in [-0.39, 0.29) is 11.9 Å². The zero-order valence-electron chi connectivity index (χ0n) is 10.5. The molecule has 1 saturated heterocycles. The van der Waals surface area contributed by atoms with Gasteiger partial charge >= 0.3 is 5.97 Å². The van der Waals surface area contributed by atoms with Gasteiger partial charge in [-0.3, -0.25) is 14.5 Å². The van der Waals surface area contributed by atoms with Crippen molar-refractivity contribution in [2.24, 2.45) is 5.92 Å². The molecule has 0 aromatic heterocycles. The summed E-state index contributed by atoms with van der Waals surface area (Å²) in [6.07, 6.45) is 4.58. The molecule has 96 valence electrons. The minimum Gasteiger partial charge on any atom is -0.466 e. The third-order valence-electron chi connectivity index (χ3n) is 3.89. The van der Waals surface area contributed by atoms with Crippen LogP contribution in [0.5, 0.6) is 0 Å². The first-order chi connectivity index (χ1) is 8.20. The summed E-state index contributed by atoms with van der Waals surface area (Å²) in [5.41, 5.74) is 0. The van der Waals surface area contributed by atoms with Crippen molar-refractivity contribution >= 4 is 11.8 Å². The van der Waals surface area contributed by atoms with Gasteiger partial charge in [0, 0.05) is 19.0 Å². The Morgan fingerprint density at radius 3 is 2.59 bits per heavy atom. The van der Waals surface area contributed by atoms with Gasteiger partial charge < -0.3 is 4.74 Å². The number of carbonyl (C=O) groups excluding carboxylic acids is 2. The second-order valence-electron chi connectivity index (χ2n) is 5.02. The lowest BCUT2D eigenvalue weighted by Gasteiger charge is -2.33. The fourth-order valence-electron chi connectivity index (χ4n) is 2.90. The molecule has 2 rings (SSSR count). The quantitative estimate of drug-likeness (QED) is 0.698. The van der Waals surface area contributed by atoms with Crippen molar-refractivity contribution in [1.82, 2.24) is 4.90 Å². The van der Waals surface area contributed by atoms with Gasteiger partial charge in [-0.1, -0.05) is 0 Å². The second-order valence-corrected chi connectivity index (χ2v) is 5.02. The van der Waals surface area contributed by atoms with Crippen LogP contribution in [0.1, 0.15) is 39.0 Å². The van der Waals surface area contributed by atoms with Gasteiger partial charge in [0.1, 0.15) is 5.78 Å². The second kappa shape index (κ2) is 5.63. The van der Waals surface area contributed by atoms with Gasteiger partial charge in [0.15, 0.2) is 0 Å². The zero-order chi connectivity index (χ0) is 12.3. The predicted molar refractivity (Wildman–Crippen MR) is 63.6 cm³/mol. The summed E-state index contributed by atoms with van der Waals surface area (Å²) in [6, 6.07) is 0.507. The Bertz CT molecular complexity index is 295. The van der Waals surface area contributed by atoms with E-state index in [4.69, 9.17) is 4.74 Å². The number of hydrogen-bond donors (Lipinski definition) is 0. The molecule has 0 atom stereocenters. The number of hydrogen-bond acceptors (Lipinski definition) is 4. The molecule has 0 bridgehead atoms. The molecule has 1 heterocycles. The minimum absolute atomic E-state index is 0.0385. The van der Waals surface area contributed by atoms with E-state index in [9.17, 15) is 9.59 Å². The highest BCUT2D eigenvalue weighted by Gasteiger charge is 2.32. The first-order valence-electron chi connectivity index (χ1n) is 6.63. The maximum absolute atomic E-state index is 11.6. The highest BCUT2D eigenvalue weighted by Crippen LogP contribution is 2.29. The highest BCUT2D eigenvalue weighted by molar-refractivity contribution is 5.82. The first-order valence-corrected chi connectivity index (χ1v) is 6.63. The first kappa shape index (κ1) is 12.6. The summed E-state index contributed by atoms with van der Waals surface area (Å²) in [6.45, 7) is 3.85.